The molecular weight excluding hydrogens is 320 g/mol. The van der Waals surface area contributed by atoms with Crippen molar-refractivity contribution >= 4 is 29.0 Å². The summed E-state index contributed by atoms with van der Waals surface area (Å²) in [6.07, 6.45) is 5.84. The highest BCUT2D eigenvalue weighted by Crippen LogP contribution is 2.28. The monoisotopic (exact) mass is 342 g/mol. The number of carbonyl (C=O) groups is 1. The van der Waals surface area contributed by atoms with E-state index in [2.05, 4.69) is 30.8 Å². The first-order valence-electron chi connectivity index (χ1n) is 8.56. The Morgan fingerprint density at radius 1 is 1.40 bits per heavy atom. The minimum atomic E-state index is -0.276. The second-order valence-corrected chi connectivity index (χ2v) is 6.59. The average Bonchev–Trinajstić information content (AvgIpc) is 3.00. The predicted molar refractivity (Wildman–Crippen MR) is 94.1 cm³/mol. The molecule has 0 radical (unpaired) electrons. The number of hydrogen-bond acceptors (Lipinski definition) is 5. The number of amides is 2. The molecule has 2 unspecified atom stereocenters. The van der Waals surface area contributed by atoms with Gasteiger partial charge in [0, 0.05) is 12.2 Å². The van der Waals surface area contributed by atoms with Crippen LogP contribution in [0, 0.1) is 18.8 Å². The van der Waals surface area contributed by atoms with Crippen molar-refractivity contribution in [2.75, 3.05) is 18.4 Å². The summed E-state index contributed by atoms with van der Waals surface area (Å²) in [7, 11) is 0. The average molecular weight is 342 g/mol. The summed E-state index contributed by atoms with van der Waals surface area (Å²) in [6.45, 7) is 3.04. The fourth-order valence-electron chi connectivity index (χ4n) is 3.41. The van der Waals surface area contributed by atoms with Crippen LogP contribution in [0.1, 0.15) is 31.4 Å². The topological polar surface area (TPSA) is 112 Å². The number of aryl methyl sites for hydroxylation is 1. The number of aromatic nitrogens is 3. The van der Waals surface area contributed by atoms with Gasteiger partial charge in [0.15, 0.2) is 11.5 Å². The number of isocyanates is 1. The molecule has 132 valence electrons. The molecule has 8 heteroatoms. The molecule has 1 saturated carbocycles. The van der Waals surface area contributed by atoms with Gasteiger partial charge in [0.1, 0.15) is 0 Å². The van der Waals surface area contributed by atoms with Gasteiger partial charge in [0.2, 0.25) is 6.08 Å². The number of nitrogens with one attached hydrogen (secondary N) is 3. The molecule has 1 aliphatic rings. The van der Waals surface area contributed by atoms with Gasteiger partial charge in [-0.2, -0.15) is 5.10 Å². The van der Waals surface area contributed by atoms with Crippen LogP contribution in [0.3, 0.4) is 0 Å². The molecular formula is C17H22N6O2. The molecule has 0 spiro atoms. The van der Waals surface area contributed by atoms with Crippen molar-refractivity contribution in [3.8, 4) is 0 Å². The van der Waals surface area contributed by atoms with E-state index in [-0.39, 0.29) is 6.03 Å². The molecule has 8 nitrogen and oxygen atoms in total. The Labute approximate surface area is 145 Å². The lowest BCUT2D eigenvalue weighted by atomic mass is 9.81. The van der Waals surface area contributed by atoms with Crippen molar-refractivity contribution in [2.45, 2.75) is 32.6 Å². The molecule has 1 aliphatic carbocycles. The Kier molecular flexibility index (Phi) is 5.40. The van der Waals surface area contributed by atoms with Crippen LogP contribution in [0.5, 0.6) is 0 Å². The van der Waals surface area contributed by atoms with Crippen molar-refractivity contribution in [1.29, 1.82) is 0 Å². The molecule has 25 heavy (non-hydrogen) atoms. The Hall–Kier alpha value is -2.73. The fraction of sp³-hybridized carbons (Fsp3) is 0.529. The van der Waals surface area contributed by atoms with E-state index in [0.29, 0.717) is 36.4 Å². The second-order valence-electron chi connectivity index (χ2n) is 6.59. The van der Waals surface area contributed by atoms with E-state index in [1.165, 1.54) is 0 Å². The van der Waals surface area contributed by atoms with Crippen LogP contribution in [0.4, 0.5) is 10.6 Å². The first-order valence-corrected chi connectivity index (χ1v) is 8.56. The van der Waals surface area contributed by atoms with E-state index in [4.69, 9.17) is 0 Å². The third-order valence-electron chi connectivity index (χ3n) is 4.65. The van der Waals surface area contributed by atoms with Crippen molar-refractivity contribution in [2.24, 2.45) is 16.8 Å². The van der Waals surface area contributed by atoms with Crippen LogP contribution in [0.2, 0.25) is 0 Å². The van der Waals surface area contributed by atoms with Crippen LogP contribution < -0.4 is 10.6 Å². The van der Waals surface area contributed by atoms with E-state index in [9.17, 15) is 9.59 Å². The maximum atomic E-state index is 12.2. The molecule has 2 amide bonds. The minimum absolute atomic E-state index is 0.276. The van der Waals surface area contributed by atoms with Crippen LogP contribution in [-0.4, -0.2) is 40.4 Å². The SMILES string of the molecule is Cc1ccc2c(NC(=O)NCC3CCCC(CN=C=O)C3)n[nH]c2n1. The molecule has 0 aliphatic heterocycles. The van der Waals surface area contributed by atoms with Crippen molar-refractivity contribution in [1.82, 2.24) is 20.5 Å². The molecule has 3 N–H and O–H groups in total. The number of nitrogens with zero attached hydrogens (tertiary/aromatic N) is 3. The summed E-state index contributed by atoms with van der Waals surface area (Å²) in [5, 5.41) is 13.4. The summed E-state index contributed by atoms with van der Waals surface area (Å²) in [6, 6.07) is 3.49. The van der Waals surface area contributed by atoms with Crippen molar-refractivity contribution in [3.63, 3.8) is 0 Å². The normalized spacial score (nSPS) is 20.0. The number of fused-ring (bicyclic) bond motifs is 1. The van der Waals surface area contributed by atoms with E-state index < -0.39 is 0 Å². The summed E-state index contributed by atoms with van der Waals surface area (Å²) in [4.78, 5) is 30.4. The number of rotatable bonds is 5. The van der Waals surface area contributed by atoms with Gasteiger partial charge in [0.25, 0.3) is 0 Å². The minimum Gasteiger partial charge on any atom is -0.338 e. The lowest BCUT2D eigenvalue weighted by Crippen LogP contribution is -2.35. The van der Waals surface area contributed by atoms with E-state index in [1.54, 1.807) is 6.08 Å². The smallest absolute Gasteiger partial charge is 0.320 e. The lowest BCUT2D eigenvalue weighted by Gasteiger charge is -2.27. The van der Waals surface area contributed by atoms with Gasteiger partial charge in [0.05, 0.1) is 11.9 Å². The van der Waals surface area contributed by atoms with Crippen molar-refractivity contribution in [3.05, 3.63) is 17.8 Å². The van der Waals surface area contributed by atoms with Gasteiger partial charge < -0.3 is 5.32 Å². The molecule has 1 fully saturated rings. The van der Waals surface area contributed by atoms with Gasteiger partial charge in [-0.25, -0.2) is 19.6 Å². The zero-order chi connectivity index (χ0) is 17.6. The number of carbonyl (C=O) groups excluding carboxylic acids is 2. The Morgan fingerprint density at radius 2 is 2.24 bits per heavy atom. The number of urea groups is 1. The summed E-state index contributed by atoms with van der Waals surface area (Å²) in [5.41, 5.74) is 1.54. The van der Waals surface area contributed by atoms with Crippen molar-refractivity contribution < 1.29 is 9.59 Å². The highest BCUT2D eigenvalue weighted by atomic mass is 16.2. The molecule has 2 aromatic heterocycles. The first kappa shape index (κ1) is 17.1. The quantitative estimate of drug-likeness (QED) is 0.572. The molecule has 3 rings (SSSR count). The number of pyridine rings is 1. The lowest BCUT2D eigenvalue weighted by molar-refractivity contribution is 0.239. The molecule has 2 atom stereocenters. The van der Waals surface area contributed by atoms with Gasteiger partial charge in [-0.15, -0.1) is 0 Å². The number of aromatic amines is 1. The van der Waals surface area contributed by atoms with E-state index in [0.717, 1.165) is 36.8 Å². The Morgan fingerprint density at radius 3 is 3.08 bits per heavy atom. The predicted octanol–water partition coefficient (Wildman–Crippen LogP) is 2.53. The van der Waals surface area contributed by atoms with Crippen LogP contribution in [-0.2, 0) is 4.79 Å². The number of hydrogen-bond donors (Lipinski definition) is 3. The van der Waals surface area contributed by atoms with Gasteiger partial charge in [-0.05, 0) is 50.2 Å². The maximum Gasteiger partial charge on any atom is 0.320 e. The number of aliphatic imine (C=N–C) groups is 1. The van der Waals surface area contributed by atoms with Crippen LogP contribution in [0.25, 0.3) is 11.0 Å². The zero-order valence-electron chi connectivity index (χ0n) is 14.2. The Bertz CT molecular complexity index is 796. The molecule has 0 aromatic carbocycles. The second kappa shape index (κ2) is 7.90. The van der Waals surface area contributed by atoms with Gasteiger partial charge >= 0.3 is 6.03 Å². The van der Waals surface area contributed by atoms with E-state index in [1.807, 2.05) is 19.1 Å². The summed E-state index contributed by atoms with van der Waals surface area (Å²) in [5.74, 6) is 1.29. The highest BCUT2D eigenvalue weighted by molar-refractivity contribution is 5.97. The maximum absolute atomic E-state index is 12.2. The van der Waals surface area contributed by atoms with Crippen LogP contribution in [0.15, 0.2) is 17.1 Å². The Balaban J connectivity index is 1.51. The fourth-order valence-corrected chi connectivity index (χ4v) is 3.41. The third kappa shape index (κ3) is 4.42. The molecule has 0 saturated heterocycles. The zero-order valence-corrected chi connectivity index (χ0v) is 14.2. The standard InChI is InChI=1S/C17H22N6O2/c1-11-5-6-14-15(20-11)22-23-16(14)21-17(25)19-9-13-4-2-3-12(7-13)8-18-10-24/h5-6,12-13H,2-4,7-9H2,1H3,(H3,19,20,21,22,23,25). The molecule has 2 aromatic rings. The summed E-state index contributed by atoms with van der Waals surface area (Å²) >= 11 is 0. The van der Waals surface area contributed by atoms with Crippen LogP contribution >= 0.6 is 0 Å². The number of H-pyrrole nitrogens is 1. The third-order valence-corrected chi connectivity index (χ3v) is 4.65. The number of anilines is 1. The van der Waals surface area contributed by atoms with Gasteiger partial charge in [-0.3, -0.25) is 10.4 Å². The first-order chi connectivity index (χ1) is 12.2. The molecule has 0 bridgehead atoms. The van der Waals surface area contributed by atoms with E-state index >= 15 is 0 Å². The molecule has 2 heterocycles. The highest BCUT2D eigenvalue weighted by Gasteiger charge is 2.22. The largest absolute Gasteiger partial charge is 0.338 e. The van der Waals surface area contributed by atoms with Gasteiger partial charge in [-0.1, -0.05) is 6.42 Å². The summed E-state index contributed by atoms with van der Waals surface area (Å²) < 4.78 is 0.